The molecule has 0 aromatic heterocycles. The molecule has 3 heteroatoms. The molecular weight excluding hydrogens is 250 g/mol. The number of hydroxylamine groups is 2. The smallest absolute Gasteiger partial charge is 0.325 e. The number of carbonyl (C=O) groups is 1. The molecule has 0 rings (SSSR count). The molecule has 20 heavy (non-hydrogen) atoms. The summed E-state index contributed by atoms with van der Waals surface area (Å²) in [5.74, 6) is -0.0576. The standard InChI is InChI=1S/C17H35NO2/c1-4-7-10-12-15-18(16-13-11-8-5-2)20-17(19)14-9-6-3/h4-16H2,1-3H3. The molecule has 0 amide bonds. The van der Waals surface area contributed by atoms with Crippen LogP contribution < -0.4 is 0 Å². The normalized spacial score (nSPS) is 11.0. The summed E-state index contributed by atoms with van der Waals surface area (Å²) < 4.78 is 0. The second kappa shape index (κ2) is 14.8. The van der Waals surface area contributed by atoms with Crippen LogP contribution in [-0.2, 0) is 9.63 Å². The lowest BCUT2D eigenvalue weighted by atomic mass is 10.2. The molecule has 0 aliphatic rings. The third-order valence-electron chi connectivity index (χ3n) is 3.49. The maximum atomic E-state index is 11.7. The van der Waals surface area contributed by atoms with Crippen LogP contribution in [0.5, 0.6) is 0 Å². The molecule has 0 aromatic rings. The number of hydrogen-bond acceptors (Lipinski definition) is 3. The van der Waals surface area contributed by atoms with Crippen molar-refractivity contribution in [2.45, 2.75) is 91.4 Å². The first kappa shape index (κ1) is 19.4. The van der Waals surface area contributed by atoms with Crippen LogP contribution in [0.25, 0.3) is 0 Å². The van der Waals surface area contributed by atoms with Crippen molar-refractivity contribution in [2.24, 2.45) is 0 Å². The molecule has 3 nitrogen and oxygen atoms in total. The number of carbonyl (C=O) groups excluding carboxylic acids is 1. The molecule has 0 bridgehead atoms. The highest BCUT2D eigenvalue weighted by molar-refractivity contribution is 5.68. The van der Waals surface area contributed by atoms with Crippen LogP contribution in [0.2, 0.25) is 0 Å². The van der Waals surface area contributed by atoms with Gasteiger partial charge in [0.25, 0.3) is 0 Å². The van der Waals surface area contributed by atoms with Crippen LogP contribution >= 0.6 is 0 Å². The zero-order chi connectivity index (χ0) is 15.1. The van der Waals surface area contributed by atoms with Crippen LogP contribution in [0.1, 0.15) is 91.4 Å². The van der Waals surface area contributed by atoms with Crippen LogP contribution in [0.4, 0.5) is 0 Å². The third-order valence-corrected chi connectivity index (χ3v) is 3.49. The molecule has 0 saturated carbocycles. The van der Waals surface area contributed by atoms with E-state index in [-0.39, 0.29) is 5.97 Å². The van der Waals surface area contributed by atoms with Gasteiger partial charge in [-0.25, -0.2) is 0 Å². The minimum absolute atomic E-state index is 0.0576. The molecule has 0 heterocycles. The Bertz CT molecular complexity index is 207. The fourth-order valence-corrected chi connectivity index (χ4v) is 2.14. The highest BCUT2D eigenvalue weighted by atomic mass is 16.7. The maximum Gasteiger partial charge on any atom is 0.325 e. The average molecular weight is 285 g/mol. The van der Waals surface area contributed by atoms with Gasteiger partial charge in [0, 0.05) is 19.5 Å². The zero-order valence-corrected chi connectivity index (χ0v) is 14.0. The van der Waals surface area contributed by atoms with Crippen LogP contribution in [-0.4, -0.2) is 24.1 Å². The first-order chi connectivity index (χ1) is 9.74. The van der Waals surface area contributed by atoms with E-state index in [9.17, 15) is 4.79 Å². The summed E-state index contributed by atoms with van der Waals surface area (Å²) in [5, 5.41) is 1.91. The Balaban J connectivity index is 3.92. The maximum absolute atomic E-state index is 11.7. The second-order valence-electron chi connectivity index (χ2n) is 5.62. The van der Waals surface area contributed by atoms with Gasteiger partial charge in [0.1, 0.15) is 0 Å². The van der Waals surface area contributed by atoms with E-state index in [1.165, 1.54) is 38.5 Å². The molecule has 0 aliphatic carbocycles. The van der Waals surface area contributed by atoms with Gasteiger partial charge in [-0.3, -0.25) is 4.79 Å². The SMILES string of the molecule is CCCCCCN(CCCCCC)OC(=O)CCCC. The minimum Gasteiger partial charge on any atom is -0.368 e. The summed E-state index contributed by atoms with van der Waals surface area (Å²) in [6.45, 7) is 8.31. The second-order valence-corrected chi connectivity index (χ2v) is 5.62. The van der Waals surface area contributed by atoms with Gasteiger partial charge in [0.15, 0.2) is 0 Å². The van der Waals surface area contributed by atoms with Crippen molar-refractivity contribution in [2.75, 3.05) is 13.1 Å². The minimum atomic E-state index is -0.0576. The number of rotatable bonds is 14. The van der Waals surface area contributed by atoms with E-state index in [4.69, 9.17) is 4.84 Å². The van der Waals surface area contributed by atoms with E-state index < -0.39 is 0 Å². The van der Waals surface area contributed by atoms with Gasteiger partial charge in [-0.15, -0.1) is 5.06 Å². The predicted octanol–water partition coefficient (Wildman–Crippen LogP) is 5.10. The summed E-state index contributed by atoms with van der Waals surface area (Å²) in [6, 6.07) is 0. The fourth-order valence-electron chi connectivity index (χ4n) is 2.14. The molecule has 0 aromatic carbocycles. The van der Waals surface area contributed by atoms with Gasteiger partial charge in [0.2, 0.25) is 0 Å². The molecule has 0 saturated heterocycles. The molecular formula is C17H35NO2. The zero-order valence-electron chi connectivity index (χ0n) is 14.0. The molecule has 120 valence electrons. The van der Waals surface area contributed by atoms with Gasteiger partial charge in [-0.2, -0.15) is 0 Å². The van der Waals surface area contributed by atoms with Gasteiger partial charge < -0.3 is 4.84 Å². The molecule has 0 N–H and O–H groups in total. The van der Waals surface area contributed by atoms with Crippen molar-refractivity contribution in [1.82, 2.24) is 5.06 Å². The summed E-state index contributed by atoms with van der Waals surface area (Å²) in [5.41, 5.74) is 0. The van der Waals surface area contributed by atoms with E-state index in [1.807, 2.05) is 5.06 Å². The van der Waals surface area contributed by atoms with E-state index in [1.54, 1.807) is 0 Å². The predicted molar refractivity (Wildman–Crippen MR) is 85.5 cm³/mol. The van der Waals surface area contributed by atoms with Crippen molar-refractivity contribution in [3.05, 3.63) is 0 Å². The van der Waals surface area contributed by atoms with Gasteiger partial charge in [0.05, 0.1) is 0 Å². The van der Waals surface area contributed by atoms with Crippen molar-refractivity contribution < 1.29 is 9.63 Å². The summed E-state index contributed by atoms with van der Waals surface area (Å²) in [4.78, 5) is 17.2. The van der Waals surface area contributed by atoms with Crippen molar-refractivity contribution in [3.8, 4) is 0 Å². The first-order valence-electron chi connectivity index (χ1n) is 8.70. The Morgan fingerprint density at radius 3 is 1.70 bits per heavy atom. The Labute approximate surface area is 126 Å². The lowest BCUT2D eigenvalue weighted by molar-refractivity contribution is -0.191. The van der Waals surface area contributed by atoms with Crippen LogP contribution in [0, 0.1) is 0 Å². The number of hydrogen-bond donors (Lipinski definition) is 0. The lowest BCUT2D eigenvalue weighted by Crippen LogP contribution is -2.29. The summed E-state index contributed by atoms with van der Waals surface area (Å²) in [6.07, 6.45) is 12.3. The van der Waals surface area contributed by atoms with Crippen molar-refractivity contribution in [1.29, 1.82) is 0 Å². The number of unbranched alkanes of at least 4 members (excludes halogenated alkanes) is 7. The Hall–Kier alpha value is -0.570. The van der Waals surface area contributed by atoms with Crippen LogP contribution in [0.3, 0.4) is 0 Å². The highest BCUT2D eigenvalue weighted by Crippen LogP contribution is 2.07. The molecule has 0 radical (unpaired) electrons. The Morgan fingerprint density at radius 1 is 0.750 bits per heavy atom. The molecule has 0 unspecified atom stereocenters. The van der Waals surface area contributed by atoms with Gasteiger partial charge in [-0.05, 0) is 19.3 Å². The monoisotopic (exact) mass is 285 g/mol. The molecule has 0 fully saturated rings. The quantitative estimate of drug-likeness (QED) is 0.328. The van der Waals surface area contributed by atoms with E-state index in [0.29, 0.717) is 6.42 Å². The Morgan fingerprint density at radius 2 is 1.25 bits per heavy atom. The first-order valence-corrected chi connectivity index (χ1v) is 8.70. The molecule has 0 aliphatic heterocycles. The van der Waals surface area contributed by atoms with E-state index in [2.05, 4.69) is 20.8 Å². The lowest BCUT2D eigenvalue weighted by Gasteiger charge is -2.21. The fraction of sp³-hybridized carbons (Fsp3) is 0.941. The van der Waals surface area contributed by atoms with Gasteiger partial charge in [-0.1, -0.05) is 65.7 Å². The van der Waals surface area contributed by atoms with E-state index in [0.717, 1.165) is 38.8 Å². The molecule has 0 spiro atoms. The van der Waals surface area contributed by atoms with Crippen molar-refractivity contribution >= 4 is 5.97 Å². The third kappa shape index (κ3) is 12.5. The number of nitrogens with zero attached hydrogens (tertiary/aromatic N) is 1. The summed E-state index contributed by atoms with van der Waals surface area (Å²) in [7, 11) is 0. The topological polar surface area (TPSA) is 29.5 Å². The van der Waals surface area contributed by atoms with Crippen LogP contribution in [0.15, 0.2) is 0 Å². The van der Waals surface area contributed by atoms with Crippen molar-refractivity contribution in [3.63, 3.8) is 0 Å². The highest BCUT2D eigenvalue weighted by Gasteiger charge is 2.11. The summed E-state index contributed by atoms with van der Waals surface area (Å²) >= 11 is 0. The average Bonchev–Trinajstić information content (AvgIpc) is 2.45. The Kier molecular flexibility index (Phi) is 14.4. The molecule has 0 atom stereocenters. The van der Waals surface area contributed by atoms with E-state index >= 15 is 0 Å². The van der Waals surface area contributed by atoms with Gasteiger partial charge >= 0.3 is 5.97 Å². The largest absolute Gasteiger partial charge is 0.368 e.